The van der Waals surface area contributed by atoms with E-state index in [1.165, 1.54) is 0 Å². The van der Waals surface area contributed by atoms with Crippen molar-refractivity contribution in [2.75, 3.05) is 20.3 Å². The van der Waals surface area contributed by atoms with Crippen molar-refractivity contribution in [2.24, 2.45) is 5.73 Å². The molecule has 3 N–H and O–H groups in total. The molecule has 0 bridgehead atoms. The molecular formula is C13H18N2O4. The molecule has 0 spiro atoms. The minimum absolute atomic E-state index is 0.0667. The van der Waals surface area contributed by atoms with Gasteiger partial charge in [0, 0.05) is 6.04 Å². The van der Waals surface area contributed by atoms with E-state index in [0.29, 0.717) is 18.0 Å². The Balaban J connectivity index is 2.01. The number of ether oxygens (including phenoxy) is 3. The van der Waals surface area contributed by atoms with Crippen LogP contribution in [0.2, 0.25) is 0 Å². The van der Waals surface area contributed by atoms with Crippen LogP contribution in [0.4, 0.5) is 4.79 Å². The van der Waals surface area contributed by atoms with Crippen LogP contribution in [-0.4, -0.2) is 32.5 Å². The molecule has 6 heteroatoms. The molecule has 0 aromatic heterocycles. The summed E-state index contributed by atoms with van der Waals surface area (Å²) in [6.45, 7) is 2.64. The van der Waals surface area contributed by atoms with Gasteiger partial charge in [-0.25, -0.2) is 4.79 Å². The molecule has 0 aliphatic carbocycles. The molecule has 6 nitrogen and oxygen atoms in total. The van der Waals surface area contributed by atoms with E-state index in [9.17, 15) is 4.79 Å². The summed E-state index contributed by atoms with van der Waals surface area (Å²) in [5, 5.41) is 2.57. The van der Waals surface area contributed by atoms with Crippen molar-refractivity contribution in [1.82, 2.24) is 5.32 Å². The number of alkyl carbamates (subject to hydrolysis) is 1. The largest absolute Gasteiger partial charge is 0.493 e. The minimum atomic E-state index is -0.409. The van der Waals surface area contributed by atoms with Crippen LogP contribution in [0, 0.1) is 0 Å². The highest BCUT2D eigenvalue weighted by atomic mass is 16.6. The molecule has 0 radical (unpaired) electrons. The highest BCUT2D eigenvalue weighted by Gasteiger charge is 2.23. The first-order valence-corrected chi connectivity index (χ1v) is 6.11. The topological polar surface area (TPSA) is 82.8 Å². The van der Waals surface area contributed by atoms with Gasteiger partial charge >= 0.3 is 6.09 Å². The number of hydrogen-bond acceptors (Lipinski definition) is 5. The molecule has 1 aromatic carbocycles. The zero-order valence-corrected chi connectivity index (χ0v) is 11.0. The number of nitrogens with two attached hydrogens (primary N) is 1. The second-order valence-electron chi connectivity index (χ2n) is 4.42. The summed E-state index contributed by atoms with van der Waals surface area (Å²) in [6, 6.07) is 5.48. The maximum Gasteiger partial charge on any atom is 0.407 e. The predicted octanol–water partition coefficient (Wildman–Crippen LogP) is 1.20. The fraction of sp³-hybridized carbons (Fsp3) is 0.462. The Morgan fingerprint density at radius 1 is 1.53 bits per heavy atom. The van der Waals surface area contributed by atoms with Crippen LogP contribution in [0.3, 0.4) is 0 Å². The molecule has 1 fully saturated rings. The molecular weight excluding hydrogens is 248 g/mol. The van der Waals surface area contributed by atoms with Crippen molar-refractivity contribution < 1.29 is 19.0 Å². The predicted molar refractivity (Wildman–Crippen MR) is 69.4 cm³/mol. The third-order valence-electron chi connectivity index (χ3n) is 2.89. The smallest absolute Gasteiger partial charge is 0.407 e. The third-order valence-corrected chi connectivity index (χ3v) is 2.89. The molecule has 1 aliphatic heterocycles. The number of nitrogens with one attached hydrogen (secondary N) is 1. The number of hydrogen-bond donors (Lipinski definition) is 2. The lowest BCUT2D eigenvalue weighted by atomic mass is 10.1. The van der Waals surface area contributed by atoms with Gasteiger partial charge in [-0.2, -0.15) is 0 Å². The Morgan fingerprint density at radius 2 is 2.32 bits per heavy atom. The van der Waals surface area contributed by atoms with Crippen LogP contribution in [0.25, 0.3) is 0 Å². The van der Waals surface area contributed by atoms with Gasteiger partial charge in [0.1, 0.15) is 6.61 Å². The number of amides is 1. The Labute approximate surface area is 111 Å². The van der Waals surface area contributed by atoms with Gasteiger partial charge < -0.3 is 25.3 Å². The summed E-state index contributed by atoms with van der Waals surface area (Å²) >= 11 is 0. The average Bonchev–Trinajstić information content (AvgIpc) is 2.81. The van der Waals surface area contributed by atoms with Gasteiger partial charge in [-0.05, 0) is 24.6 Å². The summed E-state index contributed by atoms with van der Waals surface area (Å²) < 4.78 is 15.9. The second-order valence-corrected chi connectivity index (χ2v) is 4.42. The van der Waals surface area contributed by atoms with Crippen LogP contribution >= 0.6 is 0 Å². The molecule has 2 atom stereocenters. The van der Waals surface area contributed by atoms with E-state index in [1.54, 1.807) is 7.11 Å². The second kappa shape index (κ2) is 5.79. The zero-order chi connectivity index (χ0) is 13.8. The van der Waals surface area contributed by atoms with Crippen molar-refractivity contribution >= 4 is 6.09 Å². The summed E-state index contributed by atoms with van der Waals surface area (Å²) in [6.07, 6.45) is -0.682. The maximum atomic E-state index is 10.9. The quantitative estimate of drug-likeness (QED) is 0.836. The first-order valence-electron chi connectivity index (χ1n) is 6.11. The minimum Gasteiger partial charge on any atom is -0.493 e. The van der Waals surface area contributed by atoms with Gasteiger partial charge in [0.15, 0.2) is 17.6 Å². The summed E-state index contributed by atoms with van der Waals surface area (Å²) in [4.78, 5) is 10.9. The number of benzene rings is 1. The highest BCUT2D eigenvalue weighted by molar-refractivity contribution is 5.69. The van der Waals surface area contributed by atoms with Crippen LogP contribution in [0.5, 0.6) is 11.5 Å². The summed E-state index contributed by atoms with van der Waals surface area (Å²) in [5.74, 6) is 1.22. The van der Waals surface area contributed by atoms with Crippen molar-refractivity contribution in [3.63, 3.8) is 0 Å². The normalized spacial score (nSPS) is 19.5. The van der Waals surface area contributed by atoms with E-state index < -0.39 is 6.09 Å². The molecule has 1 heterocycles. The van der Waals surface area contributed by atoms with Gasteiger partial charge in [-0.3, -0.25) is 0 Å². The molecule has 1 saturated heterocycles. The van der Waals surface area contributed by atoms with E-state index in [0.717, 1.165) is 5.56 Å². The van der Waals surface area contributed by atoms with Crippen LogP contribution in [0.15, 0.2) is 18.2 Å². The number of rotatable bonds is 5. The lowest BCUT2D eigenvalue weighted by Crippen LogP contribution is -2.22. The van der Waals surface area contributed by atoms with Gasteiger partial charge in [-0.15, -0.1) is 0 Å². The van der Waals surface area contributed by atoms with Gasteiger partial charge in [0.05, 0.1) is 13.7 Å². The van der Waals surface area contributed by atoms with Crippen LogP contribution < -0.4 is 20.5 Å². The van der Waals surface area contributed by atoms with E-state index in [2.05, 4.69) is 5.32 Å². The van der Waals surface area contributed by atoms with Crippen molar-refractivity contribution in [1.29, 1.82) is 0 Å². The molecule has 104 valence electrons. The molecule has 19 heavy (non-hydrogen) atoms. The number of carbonyl (C=O) groups excluding carboxylic acids is 1. The Morgan fingerprint density at radius 3 is 2.89 bits per heavy atom. The van der Waals surface area contributed by atoms with Crippen molar-refractivity contribution in [3.05, 3.63) is 23.8 Å². The Hall–Kier alpha value is -1.95. The van der Waals surface area contributed by atoms with E-state index in [4.69, 9.17) is 19.9 Å². The summed E-state index contributed by atoms with van der Waals surface area (Å²) in [7, 11) is 1.57. The third kappa shape index (κ3) is 3.29. The fourth-order valence-corrected chi connectivity index (χ4v) is 1.79. The van der Waals surface area contributed by atoms with Crippen LogP contribution in [-0.2, 0) is 4.74 Å². The fourth-order valence-electron chi connectivity index (χ4n) is 1.79. The van der Waals surface area contributed by atoms with Crippen LogP contribution in [0.1, 0.15) is 18.5 Å². The van der Waals surface area contributed by atoms with E-state index in [1.807, 2.05) is 25.1 Å². The molecule has 2 rings (SSSR count). The lowest BCUT2D eigenvalue weighted by Gasteiger charge is -2.15. The first-order chi connectivity index (χ1) is 9.10. The number of cyclic esters (lactones) is 1. The standard InChI is InChI=1S/C13H18N2O4/c1-8(14)9-3-4-11(12(5-9)17-2)18-7-10-6-15-13(16)19-10/h3-5,8,10H,6-7,14H2,1-2H3,(H,15,16)/t8-,10?/m1/s1. The van der Waals surface area contributed by atoms with E-state index >= 15 is 0 Å². The summed E-state index contributed by atoms with van der Waals surface area (Å²) in [5.41, 5.74) is 6.78. The number of methoxy groups -OCH3 is 1. The van der Waals surface area contributed by atoms with Gasteiger partial charge in [-0.1, -0.05) is 6.07 Å². The van der Waals surface area contributed by atoms with E-state index in [-0.39, 0.29) is 18.8 Å². The highest BCUT2D eigenvalue weighted by Crippen LogP contribution is 2.30. The maximum absolute atomic E-state index is 10.9. The monoisotopic (exact) mass is 266 g/mol. The molecule has 0 saturated carbocycles. The zero-order valence-electron chi connectivity index (χ0n) is 11.0. The average molecular weight is 266 g/mol. The molecule has 1 amide bonds. The SMILES string of the molecule is COc1cc([C@@H](C)N)ccc1OCC1CNC(=O)O1. The Bertz CT molecular complexity index is 462. The lowest BCUT2D eigenvalue weighted by molar-refractivity contribution is 0.103. The molecule has 1 unspecified atom stereocenters. The molecule has 1 aliphatic rings. The first kappa shape index (κ1) is 13.5. The van der Waals surface area contributed by atoms with Crippen molar-refractivity contribution in [2.45, 2.75) is 19.1 Å². The Kier molecular flexibility index (Phi) is 4.11. The molecule has 1 aromatic rings. The van der Waals surface area contributed by atoms with Crippen molar-refractivity contribution in [3.8, 4) is 11.5 Å². The van der Waals surface area contributed by atoms with Gasteiger partial charge in [0.25, 0.3) is 0 Å². The van der Waals surface area contributed by atoms with Gasteiger partial charge in [0.2, 0.25) is 0 Å². The number of carbonyl (C=O) groups is 1.